The number of anilines is 2. The molecule has 1 rings (SSSR count). The van der Waals surface area contributed by atoms with Crippen LogP contribution in [0.25, 0.3) is 5.57 Å². The van der Waals surface area contributed by atoms with Crippen molar-refractivity contribution < 1.29 is 4.79 Å². The molecular formula is C11H15N3O. The quantitative estimate of drug-likeness (QED) is 0.508. The van der Waals surface area contributed by atoms with Gasteiger partial charge in [-0.15, -0.1) is 0 Å². The van der Waals surface area contributed by atoms with Gasteiger partial charge in [0.25, 0.3) is 5.91 Å². The smallest absolute Gasteiger partial charge is 0.251 e. The van der Waals surface area contributed by atoms with Gasteiger partial charge < -0.3 is 16.8 Å². The molecule has 0 saturated heterocycles. The highest BCUT2D eigenvalue weighted by atomic mass is 16.1. The molecule has 0 saturated carbocycles. The summed E-state index contributed by atoms with van der Waals surface area (Å²) < 4.78 is 0. The molecule has 0 aromatic heterocycles. The number of carbonyl (C=O) groups is 1. The number of likely N-dealkylation sites (N-methyl/N-ethyl adjacent to an activating group) is 1. The van der Waals surface area contributed by atoms with Gasteiger partial charge in [-0.05, 0) is 25.1 Å². The second kappa shape index (κ2) is 4.50. The van der Waals surface area contributed by atoms with Crippen LogP contribution >= 0.6 is 0 Å². The molecule has 0 atom stereocenters. The van der Waals surface area contributed by atoms with Crippen molar-refractivity contribution in [3.63, 3.8) is 0 Å². The Morgan fingerprint density at radius 2 is 2.13 bits per heavy atom. The van der Waals surface area contributed by atoms with Crippen LogP contribution in [0.2, 0.25) is 0 Å². The summed E-state index contributed by atoms with van der Waals surface area (Å²) in [7, 11) is 0. The molecule has 15 heavy (non-hydrogen) atoms. The maximum atomic E-state index is 11.5. The Bertz CT molecular complexity index is 399. The van der Waals surface area contributed by atoms with Crippen LogP contribution in [-0.2, 0) is 4.79 Å². The summed E-state index contributed by atoms with van der Waals surface area (Å²) in [5.74, 6) is -0.227. The van der Waals surface area contributed by atoms with E-state index in [0.717, 1.165) is 0 Å². The first-order chi connectivity index (χ1) is 7.06. The fraction of sp³-hybridized carbons (Fsp3) is 0.182. The summed E-state index contributed by atoms with van der Waals surface area (Å²) in [5, 5.41) is 2.66. The summed E-state index contributed by atoms with van der Waals surface area (Å²) in [6.07, 6.45) is 0. The Hall–Kier alpha value is -1.97. The molecule has 4 heteroatoms. The van der Waals surface area contributed by atoms with Gasteiger partial charge in [-0.1, -0.05) is 6.58 Å². The van der Waals surface area contributed by atoms with Crippen LogP contribution in [-0.4, -0.2) is 12.5 Å². The highest BCUT2D eigenvalue weighted by molar-refractivity contribution is 6.20. The molecule has 0 unspecified atom stereocenters. The predicted octanol–water partition coefficient (Wildman–Crippen LogP) is 1.00. The number of benzene rings is 1. The third-order valence-electron chi connectivity index (χ3n) is 2.01. The van der Waals surface area contributed by atoms with Crippen LogP contribution in [0.15, 0.2) is 24.8 Å². The van der Waals surface area contributed by atoms with Gasteiger partial charge >= 0.3 is 0 Å². The number of hydrogen-bond acceptors (Lipinski definition) is 3. The minimum atomic E-state index is -0.227. The highest BCUT2D eigenvalue weighted by Gasteiger charge is 2.11. The van der Waals surface area contributed by atoms with E-state index >= 15 is 0 Å². The summed E-state index contributed by atoms with van der Waals surface area (Å²) in [6.45, 7) is 6.09. The van der Waals surface area contributed by atoms with E-state index < -0.39 is 0 Å². The number of rotatable bonds is 3. The van der Waals surface area contributed by atoms with E-state index in [2.05, 4.69) is 11.9 Å². The van der Waals surface area contributed by atoms with Crippen molar-refractivity contribution >= 4 is 22.9 Å². The van der Waals surface area contributed by atoms with Crippen LogP contribution < -0.4 is 16.8 Å². The zero-order valence-corrected chi connectivity index (χ0v) is 8.71. The number of nitrogens with one attached hydrogen (secondary N) is 1. The summed E-state index contributed by atoms with van der Waals surface area (Å²) in [6, 6.07) is 4.99. The SMILES string of the molecule is C=C(C(=O)NCC)c1cc(N)ccc1N. The lowest BCUT2D eigenvalue weighted by Crippen LogP contribution is -2.23. The lowest BCUT2D eigenvalue weighted by atomic mass is 10.0. The maximum Gasteiger partial charge on any atom is 0.251 e. The van der Waals surface area contributed by atoms with Crippen LogP contribution in [0.1, 0.15) is 12.5 Å². The maximum absolute atomic E-state index is 11.5. The molecule has 0 fully saturated rings. The number of carbonyl (C=O) groups excluding carboxylic acids is 1. The van der Waals surface area contributed by atoms with Gasteiger partial charge in [0.15, 0.2) is 0 Å². The van der Waals surface area contributed by atoms with Crippen molar-refractivity contribution in [2.45, 2.75) is 6.92 Å². The summed E-state index contributed by atoms with van der Waals surface area (Å²) in [4.78, 5) is 11.5. The van der Waals surface area contributed by atoms with Gasteiger partial charge in [0, 0.05) is 29.1 Å². The molecule has 4 nitrogen and oxygen atoms in total. The van der Waals surface area contributed by atoms with Crippen molar-refractivity contribution in [3.05, 3.63) is 30.3 Å². The molecule has 1 aromatic carbocycles. The molecule has 5 N–H and O–H groups in total. The number of hydrogen-bond donors (Lipinski definition) is 3. The Morgan fingerprint density at radius 1 is 1.47 bits per heavy atom. The van der Waals surface area contributed by atoms with Crippen LogP contribution in [0.5, 0.6) is 0 Å². The van der Waals surface area contributed by atoms with Gasteiger partial charge in [0.2, 0.25) is 0 Å². The summed E-state index contributed by atoms with van der Waals surface area (Å²) >= 11 is 0. The first-order valence-corrected chi connectivity index (χ1v) is 4.68. The Balaban J connectivity index is 3.00. The van der Waals surface area contributed by atoms with Gasteiger partial charge in [-0.2, -0.15) is 0 Å². The second-order valence-corrected chi connectivity index (χ2v) is 3.18. The lowest BCUT2D eigenvalue weighted by molar-refractivity contribution is -0.115. The third-order valence-corrected chi connectivity index (χ3v) is 2.01. The predicted molar refractivity (Wildman–Crippen MR) is 63.0 cm³/mol. The monoisotopic (exact) mass is 205 g/mol. The van der Waals surface area contributed by atoms with E-state index in [1.807, 2.05) is 6.92 Å². The molecule has 1 aromatic rings. The molecule has 0 aliphatic heterocycles. The normalized spacial score (nSPS) is 9.67. The van der Waals surface area contributed by atoms with E-state index in [0.29, 0.717) is 29.1 Å². The van der Waals surface area contributed by atoms with Gasteiger partial charge in [0.05, 0.1) is 0 Å². The minimum absolute atomic E-state index is 0.227. The van der Waals surface area contributed by atoms with Crippen molar-refractivity contribution in [2.24, 2.45) is 0 Å². The first-order valence-electron chi connectivity index (χ1n) is 4.68. The zero-order valence-electron chi connectivity index (χ0n) is 8.71. The minimum Gasteiger partial charge on any atom is -0.399 e. The van der Waals surface area contributed by atoms with Gasteiger partial charge in [0.1, 0.15) is 0 Å². The Morgan fingerprint density at radius 3 is 2.73 bits per heavy atom. The second-order valence-electron chi connectivity index (χ2n) is 3.18. The van der Waals surface area contributed by atoms with E-state index in [9.17, 15) is 4.79 Å². The number of amides is 1. The fourth-order valence-corrected chi connectivity index (χ4v) is 1.22. The van der Waals surface area contributed by atoms with Crippen molar-refractivity contribution in [1.29, 1.82) is 0 Å². The van der Waals surface area contributed by atoms with Gasteiger partial charge in [-0.3, -0.25) is 4.79 Å². The zero-order chi connectivity index (χ0) is 11.4. The molecule has 1 amide bonds. The van der Waals surface area contributed by atoms with Crippen LogP contribution in [0.3, 0.4) is 0 Å². The van der Waals surface area contributed by atoms with E-state index in [1.165, 1.54) is 0 Å². The fourth-order valence-electron chi connectivity index (χ4n) is 1.22. The van der Waals surface area contributed by atoms with E-state index in [4.69, 9.17) is 11.5 Å². The standard InChI is InChI=1S/C11H15N3O/c1-3-14-11(15)7(2)9-6-8(12)4-5-10(9)13/h4-6H,2-3,12-13H2,1H3,(H,14,15). The first kappa shape index (κ1) is 11.1. The Labute approximate surface area is 89.0 Å². The molecule has 80 valence electrons. The van der Waals surface area contributed by atoms with Crippen molar-refractivity contribution in [3.8, 4) is 0 Å². The largest absolute Gasteiger partial charge is 0.399 e. The molecule has 0 aliphatic rings. The molecule has 0 spiro atoms. The van der Waals surface area contributed by atoms with Gasteiger partial charge in [-0.25, -0.2) is 0 Å². The molecule has 0 bridgehead atoms. The highest BCUT2D eigenvalue weighted by Crippen LogP contribution is 2.22. The van der Waals surface area contributed by atoms with Crippen molar-refractivity contribution in [1.82, 2.24) is 5.32 Å². The van der Waals surface area contributed by atoms with E-state index in [-0.39, 0.29) is 5.91 Å². The topological polar surface area (TPSA) is 81.1 Å². The number of nitrogens with two attached hydrogens (primary N) is 2. The third kappa shape index (κ3) is 2.49. The average molecular weight is 205 g/mol. The molecule has 0 aliphatic carbocycles. The Kier molecular flexibility index (Phi) is 3.33. The van der Waals surface area contributed by atoms with Crippen LogP contribution in [0.4, 0.5) is 11.4 Å². The van der Waals surface area contributed by atoms with E-state index in [1.54, 1.807) is 18.2 Å². The number of nitrogen functional groups attached to an aromatic ring is 2. The lowest BCUT2D eigenvalue weighted by Gasteiger charge is -2.09. The molecule has 0 radical (unpaired) electrons. The van der Waals surface area contributed by atoms with Crippen LogP contribution in [0, 0.1) is 0 Å². The molecular weight excluding hydrogens is 190 g/mol. The molecule has 0 heterocycles. The summed E-state index contributed by atoms with van der Waals surface area (Å²) in [5.41, 5.74) is 13.3. The average Bonchev–Trinajstić information content (AvgIpc) is 2.21. The van der Waals surface area contributed by atoms with Crippen molar-refractivity contribution in [2.75, 3.05) is 18.0 Å².